The Hall–Kier alpha value is -0.880. The fourth-order valence-electron chi connectivity index (χ4n) is 1.64. The summed E-state index contributed by atoms with van der Waals surface area (Å²) in [5.74, 6) is 0. The zero-order valence-corrected chi connectivity index (χ0v) is 12.6. The van der Waals surface area contributed by atoms with Crippen molar-refractivity contribution >= 4 is 21.6 Å². The second-order valence-corrected chi connectivity index (χ2v) is 6.18. The van der Waals surface area contributed by atoms with E-state index >= 15 is 0 Å². The largest absolute Gasteiger partial charge is 0.378 e. The molecule has 0 spiro atoms. The quantitative estimate of drug-likeness (QED) is 0.895. The lowest BCUT2D eigenvalue weighted by molar-refractivity contribution is 0.367. The van der Waals surface area contributed by atoms with E-state index in [2.05, 4.69) is 33.3 Å². The van der Waals surface area contributed by atoms with Gasteiger partial charge in [-0.3, -0.25) is 4.79 Å². The molecule has 1 saturated carbocycles. The standard InChI is InChI=1S/C12H19BrN4O/c1-12(4-5-12)15-9-8-14-17(7-6-16(2)3)11(18)10(9)13/h8,15H,4-7H2,1-3H3. The van der Waals surface area contributed by atoms with Crippen LogP contribution in [-0.2, 0) is 6.54 Å². The highest BCUT2D eigenvalue weighted by atomic mass is 79.9. The first-order valence-corrected chi connectivity index (χ1v) is 6.89. The van der Waals surface area contributed by atoms with E-state index in [1.165, 1.54) is 4.68 Å². The third kappa shape index (κ3) is 3.11. The summed E-state index contributed by atoms with van der Waals surface area (Å²) in [5, 5.41) is 7.57. The molecule has 0 radical (unpaired) electrons. The predicted octanol–water partition coefficient (Wildman–Crippen LogP) is 1.53. The number of aromatic nitrogens is 2. The van der Waals surface area contributed by atoms with Crippen molar-refractivity contribution in [2.45, 2.75) is 31.8 Å². The van der Waals surface area contributed by atoms with E-state index < -0.39 is 0 Å². The van der Waals surface area contributed by atoms with Crippen molar-refractivity contribution in [1.29, 1.82) is 0 Å². The van der Waals surface area contributed by atoms with Crippen LogP contribution in [0.3, 0.4) is 0 Å². The van der Waals surface area contributed by atoms with Crippen molar-refractivity contribution in [3.63, 3.8) is 0 Å². The van der Waals surface area contributed by atoms with E-state index in [9.17, 15) is 4.79 Å². The van der Waals surface area contributed by atoms with Gasteiger partial charge in [0, 0.05) is 12.1 Å². The first kappa shape index (κ1) is 13.5. The monoisotopic (exact) mass is 314 g/mol. The Morgan fingerprint density at radius 2 is 2.22 bits per heavy atom. The van der Waals surface area contributed by atoms with Crippen molar-refractivity contribution in [3.8, 4) is 0 Å². The molecule has 18 heavy (non-hydrogen) atoms. The lowest BCUT2D eigenvalue weighted by atomic mass is 10.3. The van der Waals surface area contributed by atoms with Gasteiger partial charge in [0.2, 0.25) is 0 Å². The second-order valence-electron chi connectivity index (χ2n) is 5.39. The van der Waals surface area contributed by atoms with Crippen molar-refractivity contribution in [2.24, 2.45) is 0 Å². The second kappa shape index (κ2) is 5.01. The minimum absolute atomic E-state index is 0.0777. The minimum atomic E-state index is -0.0777. The summed E-state index contributed by atoms with van der Waals surface area (Å²) in [7, 11) is 3.95. The molecule has 1 aromatic rings. The smallest absolute Gasteiger partial charge is 0.283 e. The molecule has 1 N–H and O–H groups in total. The van der Waals surface area contributed by atoms with Gasteiger partial charge in [-0.2, -0.15) is 5.10 Å². The Morgan fingerprint density at radius 3 is 2.78 bits per heavy atom. The first-order chi connectivity index (χ1) is 8.41. The molecule has 1 aliphatic carbocycles. The fraction of sp³-hybridized carbons (Fsp3) is 0.667. The van der Waals surface area contributed by atoms with Gasteiger partial charge < -0.3 is 10.2 Å². The predicted molar refractivity (Wildman–Crippen MR) is 76.0 cm³/mol. The fourth-order valence-corrected chi connectivity index (χ4v) is 2.05. The van der Waals surface area contributed by atoms with Crippen molar-refractivity contribution < 1.29 is 0 Å². The highest BCUT2D eigenvalue weighted by Gasteiger charge is 2.37. The summed E-state index contributed by atoms with van der Waals surface area (Å²) < 4.78 is 2.06. The third-order valence-corrected chi connectivity index (χ3v) is 3.95. The van der Waals surface area contributed by atoms with E-state index in [1.807, 2.05) is 19.0 Å². The van der Waals surface area contributed by atoms with E-state index in [0.29, 0.717) is 11.0 Å². The number of nitrogens with zero attached hydrogens (tertiary/aromatic N) is 3. The van der Waals surface area contributed by atoms with Crippen LogP contribution < -0.4 is 10.9 Å². The van der Waals surface area contributed by atoms with Crippen LogP contribution in [0.25, 0.3) is 0 Å². The maximum Gasteiger partial charge on any atom is 0.283 e. The number of rotatable bonds is 5. The number of likely N-dealkylation sites (N-methyl/N-ethyl adjacent to an activating group) is 1. The molecular weight excluding hydrogens is 296 g/mol. The maximum atomic E-state index is 12.1. The van der Waals surface area contributed by atoms with Crippen LogP contribution in [0.1, 0.15) is 19.8 Å². The molecule has 0 aliphatic heterocycles. The SMILES string of the molecule is CN(C)CCn1ncc(NC2(C)CC2)c(Br)c1=O. The van der Waals surface area contributed by atoms with Crippen LogP contribution in [0.4, 0.5) is 5.69 Å². The zero-order valence-electron chi connectivity index (χ0n) is 11.0. The summed E-state index contributed by atoms with van der Waals surface area (Å²) in [6.07, 6.45) is 4.01. The molecule has 1 fully saturated rings. The number of nitrogens with one attached hydrogen (secondary N) is 1. The van der Waals surface area contributed by atoms with Gasteiger partial charge in [-0.05, 0) is 49.8 Å². The normalized spacial score (nSPS) is 16.9. The van der Waals surface area contributed by atoms with E-state index in [-0.39, 0.29) is 11.1 Å². The van der Waals surface area contributed by atoms with Gasteiger partial charge >= 0.3 is 0 Å². The van der Waals surface area contributed by atoms with Gasteiger partial charge in [-0.15, -0.1) is 0 Å². The van der Waals surface area contributed by atoms with Gasteiger partial charge in [0.05, 0.1) is 18.4 Å². The number of hydrogen-bond acceptors (Lipinski definition) is 4. The maximum absolute atomic E-state index is 12.1. The summed E-state index contributed by atoms with van der Waals surface area (Å²) in [4.78, 5) is 14.1. The van der Waals surface area contributed by atoms with Gasteiger partial charge in [-0.1, -0.05) is 0 Å². The lowest BCUT2D eigenvalue weighted by Crippen LogP contribution is -2.30. The molecule has 100 valence electrons. The molecule has 1 aromatic heterocycles. The van der Waals surface area contributed by atoms with Crippen molar-refractivity contribution in [2.75, 3.05) is 26.0 Å². The highest BCUT2D eigenvalue weighted by molar-refractivity contribution is 9.10. The average molecular weight is 315 g/mol. The van der Waals surface area contributed by atoms with Crippen LogP contribution in [0.2, 0.25) is 0 Å². The van der Waals surface area contributed by atoms with Crippen LogP contribution in [0, 0.1) is 0 Å². The Kier molecular flexibility index (Phi) is 3.77. The van der Waals surface area contributed by atoms with Gasteiger partial charge in [-0.25, -0.2) is 4.68 Å². The van der Waals surface area contributed by atoms with Crippen molar-refractivity contribution in [1.82, 2.24) is 14.7 Å². The van der Waals surface area contributed by atoms with Gasteiger partial charge in [0.15, 0.2) is 0 Å². The molecule has 1 aliphatic rings. The molecule has 0 atom stereocenters. The molecule has 0 amide bonds. The Morgan fingerprint density at radius 1 is 1.56 bits per heavy atom. The van der Waals surface area contributed by atoms with Crippen LogP contribution in [-0.4, -0.2) is 40.9 Å². The summed E-state index contributed by atoms with van der Waals surface area (Å²) >= 11 is 3.37. The topological polar surface area (TPSA) is 50.2 Å². The molecule has 5 nitrogen and oxygen atoms in total. The number of halogens is 1. The lowest BCUT2D eigenvalue weighted by Gasteiger charge is -2.15. The highest BCUT2D eigenvalue weighted by Crippen LogP contribution is 2.38. The summed E-state index contributed by atoms with van der Waals surface area (Å²) in [5.41, 5.74) is 0.860. The molecule has 6 heteroatoms. The molecule has 0 unspecified atom stereocenters. The van der Waals surface area contributed by atoms with Crippen LogP contribution in [0.5, 0.6) is 0 Å². The third-order valence-electron chi connectivity index (χ3n) is 3.18. The summed E-state index contributed by atoms with van der Waals surface area (Å²) in [6, 6.07) is 0. The molecule has 0 saturated heterocycles. The van der Waals surface area contributed by atoms with Crippen LogP contribution in [0.15, 0.2) is 15.5 Å². The average Bonchev–Trinajstić information content (AvgIpc) is 3.02. The Balaban J connectivity index is 2.16. The Bertz CT molecular complexity index is 493. The van der Waals surface area contributed by atoms with Crippen LogP contribution >= 0.6 is 15.9 Å². The molecule has 2 rings (SSSR count). The van der Waals surface area contributed by atoms with E-state index in [1.54, 1.807) is 6.20 Å². The first-order valence-electron chi connectivity index (χ1n) is 6.10. The number of hydrogen-bond donors (Lipinski definition) is 1. The van der Waals surface area contributed by atoms with E-state index in [4.69, 9.17) is 0 Å². The molecule has 0 bridgehead atoms. The van der Waals surface area contributed by atoms with Gasteiger partial charge in [0.1, 0.15) is 4.47 Å². The minimum Gasteiger partial charge on any atom is -0.378 e. The molecular formula is C12H19BrN4O. The summed E-state index contributed by atoms with van der Waals surface area (Å²) in [6.45, 7) is 3.54. The Labute approximate surface area is 115 Å². The van der Waals surface area contributed by atoms with Gasteiger partial charge in [0.25, 0.3) is 5.56 Å². The number of anilines is 1. The molecule has 0 aromatic carbocycles. The molecule has 1 heterocycles. The zero-order chi connectivity index (χ0) is 13.3. The van der Waals surface area contributed by atoms with Crippen molar-refractivity contribution in [3.05, 3.63) is 21.0 Å². The van der Waals surface area contributed by atoms with E-state index in [0.717, 1.165) is 25.1 Å².